The Balaban J connectivity index is 1.58. The quantitative estimate of drug-likeness (QED) is 0.658. The van der Waals surface area contributed by atoms with E-state index in [1.165, 1.54) is 35.3 Å². The van der Waals surface area contributed by atoms with Gasteiger partial charge in [-0.05, 0) is 40.8 Å². The van der Waals surface area contributed by atoms with Crippen molar-refractivity contribution in [3.05, 3.63) is 71.5 Å². The van der Waals surface area contributed by atoms with E-state index in [2.05, 4.69) is 15.5 Å². The van der Waals surface area contributed by atoms with Gasteiger partial charge in [0, 0.05) is 0 Å². The third-order valence-corrected chi connectivity index (χ3v) is 3.63. The van der Waals surface area contributed by atoms with Crippen molar-refractivity contribution in [3.63, 3.8) is 0 Å². The fourth-order valence-electron chi connectivity index (χ4n) is 2.44. The lowest BCUT2D eigenvalue weighted by molar-refractivity contribution is -0.0584. The largest absolute Gasteiger partial charge is 0.364 e. The number of amides is 2. The van der Waals surface area contributed by atoms with Gasteiger partial charge in [-0.3, -0.25) is 9.59 Å². The molecule has 122 valence electrons. The molecule has 9 nitrogen and oxygen atoms in total. The molecule has 1 aliphatic rings. The van der Waals surface area contributed by atoms with Crippen LogP contribution < -0.4 is 0 Å². The highest BCUT2D eigenvalue weighted by Gasteiger charge is 2.38. The topological polar surface area (TPSA) is 107 Å². The molecule has 0 N–H and O–H groups in total. The summed E-state index contributed by atoms with van der Waals surface area (Å²) in [6, 6.07) is 12.5. The average molecular weight is 335 g/mol. The number of benzene rings is 2. The highest BCUT2D eigenvalue weighted by molar-refractivity contribution is 6.21. The molecule has 2 amide bonds. The summed E-state index contributed by atoms with van der Waals surface area (Å²) in [6.45, 7) is 0. The maximum atomic E-state index is 12.3. The van der Waals surface area contributed by atoms with Gasteiger partial charge in [0.25, 0.3) is 11.8 Å². The average Bonchev–Trinajstić information content (AvgIpc) is 3.26. The predicted molar refractivity (Wildman–Crippen MR) is 81.5 cm³/mol. The van der Waals surface area contributed by atoms with Gasteiger partial charge in [0.1, 0.15) is 6.33 Å². The number of hydrogen-bond donors (Lipinski definition) is 0. The van der Waals surface area contributed by atoms with Crippen LogP contribution in [0.5, 0.6) is 0 Å². The van der Waals surface area contributed by atoms with Gasteiger partial charge < -0.3 is 4.84 Å². The van der Waals surface area contributed by atoms with Gasteiger partial charge in [-0.25, -0.2) is 9.48 Å². The van der Waals surface area contributed by atoms with Crippen LogP contribution in [0.25, 0.3) is 5.69 Å². The number of tetrazole rings is 1. The molecule has 0 radical (unpaired) electrons. The van der Waals surface area contributed by atoms with Crippen molar-refractivity contribution in [2.75, 3.05) is 0 Å². The van der Waals surface area contributed by atoms with Crippen LogP contribution >= 0.6 is 0 Å². The second kappa shape index (κ2) is 5.64. The van der Waals surface area contributed by atoms with Gasteiger partial charge in [0.15, 0.2) is 0 Å². The van der Waals surface area contributed by atoms with E-state index in [9.17, 15) is 14.4 Å². The predicted octanol–water partition coefficient (Wildman–Crippen LogP) is 1.03. The molecule has 1 aromatic heterocycles. The summed E-state index contributed by atoms with van der Waals surface area (Å²) in [4.78, 5) is 41.8. The van der Waals surface area contributed by atoms with E-state index < -0.39 is 17.8 Å². The molecule has 0 fully saturated rings. The van der Waals surface area contributed by atoms with E-state index >= 15 is 0 Å². The van der Waals surface area contributed by atoms with E-state index in [1.54, 1.807) is 24.3 Å². The maximum Gasteiger partial charge on any atom is 0.364 e. The zero-order valence-electron chi connectivity index (χ0n) is 12.6. The van der Waals surface area contributed by atoms with Crippen LogP contribution in [0.3, 0.4) is 0 Å². The number of nitrogens with zero attached hydrogens (tertiary/aromatic N) is 5. The number of imide groups is 1. The number of aromatic nitrogens is 4. The lowest BCUT2D eigenvalue weighted by Gasteiger charge is -2.13. The summed E-state index contributed by atoms with van der Waals surface area (Å²) < 4.78 is 1.36. The first-order chi connectivity index (χ1) is 12.1. The van der Waals surface area contributed by atoms with Crippen LogP contribution in [-0.4, -0.2) is 43.1 Å². The fourth-order valence-corrected chi connectivity index (χ4v) is 2.44. The first-order valence-electron chi connectivity index (χ1n) is 7.19. The highest BCUT2D eigenvalue weighted by atomic mass is 16.7. The monoisotopic (exact) mass is 335 g/mol. The lowest BCUT2D eigenvalue weighted by atomic mass is 10.1. The first kappa shape index (κ1) is 14.7. The van der Waals surface area contributed by atoms with Crippen molar-refractivity contribution in [3.8, 4) is 5.69 Å². The molecule has 0 spiro atoms. The number of carbonyl (C=O) groups is 3. The summed E-state index contributed by atoms with van der Waals surface area (Å²) >= 11 is 0. The first-order valence-corrected chi connectivity index (χ1v) is 7.19. The van der Waals surface area contributed by atoms with Crippen LogP contribution in [0.4, 0.5) is 0 Å². The normalized spacial score (nSPS) is 13.0. The van der Waals surface area contributed by atoms with Crippen molar-refractivity contribution in [2.24, 2.45) is 0 Å². The molecule has 4 rings (SSSR count). The number of rotatable bonds is 3. The van der Waals surface area contributed by atoms with E-state index in [4.69, 9.17) is 4.84 Å². The minimum Gasteiger partial charge on any atom is -0.324 e. The Morgan fingerprint density at radius 3 is 2.32 bits per heavy atom. The molecule has 1 aliphatic heterocycles. The van der Waals surface area contributed by atoms with Crippen LogP contribution in [0.15, 0.2) is 54.9 Å². The summed E-state index contributed by atoms with van der Waals surface area (Å²) in [6.07, 6.45) is 1.37. The molecule has 0 atom stereocenters. The SMILES string of the molecule is O=C(ON1C(=O)c2ccccc2C1=O)c1cccc(-n2cnnn2)c1. The Bertz CT molecular complexity index is 964. The molecule has 0 bridgehead atoms. The molecule has 25 heavy (non-hydrogen) atoms. The van der Waals surface area contributed by atoms with Crippen molar-refractivity contribution in [1.29, 1.82) is 0 Å². The molecule has 3 aromatic rings. The summed E-state index contributed by atoms with van der Waals surface area (Å²) in [5.41, 5.74) is 1.07. The molecule has 9 heteroatoms. The molecular formula is C16H9N5O4. The number of hydroxylamine groups is 2. The van der Waals surface area contributed by atoms with Gasteiger partial charge >= 0.3 is 5.97 Å². The fraction of sp³-hybridized carbons (Fsp3) is 0. The van der Waals surface area contributed by atoms with Crippen LogP contribution in [0.1, 0.15) is 31.1 Å². The Hall–Kier alpha value is -3.88. The minimum atomic E-state index is -0.843. The van der Waals surface area contributed by atoms with Gasteiger partial charge in [0.2, 0.25) is 0 Å². The van der Waals surface area contributed by atoms with E-state index in [0.717, 1.165) is 0 Å². The summed E-state index contributed by atoms with van der Waals surface area (Å²) in [5.74, 6) is -2.19. The van der Waals surface area contributed by atoms with Crippen molar-refractivity contribution < 1.29 is 19.2 Å². The Kier molecular flexibility index (Phi) is 3.31. The summed E-state index contributed by atoms with van der Waals surface area (Å²) in [7, 11) is 0. The Morgan fingerprint density at radius 2 is 1.68 bits per heavy atom. The molecule has 0 aliphatic carbocycles. The smallest absolute Gasteiger partial charge is 0.324 e. The Morgan fingerprint density at radius 1 is 0.960 bits per heavy atom. The number of carbonyl (C=O) groups excluding carboxylic acids is 3. The van der Waals surface area contributed by atoms with Crippen LogP contribution in [0.2, 0.25) is 0 Å². The zero-order chi connectivity index (χ0) is 17.4. The number of fused-ring (bicyclic) bond motifs is 1. The second-order valence-electron chi connectivity index (χ2n) is 5.13. The molecular weight excluding hydrogens is 326 g/mol. The van der Waals surface area contributed by atoms with Gasteiger partial charge in [-0.2, -0.15) is 0 Å². The maximum absolute atomic E-state index is 12.3. The minimum absolute atomic E-state index is 0.143. The zero-order valence-corrected chi connectivity index (χ0v) is 12.6. The molecule has 0 saturated carbocycles. The third kappa shape index (κ3) is 2.43. The van der Waals surface area contributed by atoms with Crippen molar-refractivity contribution >= 4 is 17.8 Å². The summed E-state index contributed by atoms with van der Waals surface area (Å²) in [5, 5.41) is 11.2. The van der Waals surface area contributed by atoms with Gasteiger partial charge in [-0.15, -0.1) is 5.10 Å². The van der Waals surface area contributed by atoms with Crippen molar-refractivity contribution in [2.45, 2.75) is 0 Å². The second-order valence-corrected chi connectivity index (χ2v) is 5.13. The molecule has 2 heterocycles. The highest BCUT2D eigenvalue weighted by Crippen LogP contribution is 2.23. The van der Waals surface area contributed by atoms with E-state index in [1.807, 2.05) is 0 Å². The van der Waals surface area contributed by atoms with E-state index in [-0.39, 0.29) is 16.7 Å². The van der Waals surface area contributed by atoms with Gasteiger partial charge in [-0.1, -0.05) is 23.3 Å². The molecule has 2 aromatic carbocycles. The van der Waals surface area contributed by atoms with Crippen LogP contribution in [0, 0.1) is 0 Å². The van der Waals surface area contributed by atoms with Crippen molar-refractivity contribution in [1.82, 2.24) is 25.3 Å². The van der Waals surface area contributed by atoms with Crippen LogP contribution in [-0.2, 0) is 4.84 Å². The lowest BCUT2D eigenvalue weighted by Crippen LogP contribution is -2.32. The molecule has 0 saturated heterocycles. The number of hydrogen-bond acceptors (Lipinski definition) is 7. The standard InChI is InChI=1S/C16H9N5O4/c22-14-12-6-1-2-7-13(12)15(23)21(14)25-16(24)10-4-3-5-11(8-10)20-9-17-18-19-20/h1-9H. The molecule has 0 unspecified atom stereocenters. The Labute approximate surface area is 140 Å². The van der Waals surface area contributed by atoms with Gasteiger partial charge in [0.05, 0.1) is 22.4 Å². The van der Waals surface area contributed by atoms with E-state index in [0.29, 0.717) is 10.8 Å². The third-order valence-electron chi connectivity index (χ3n) is 3.63.